The zero-order chi connectivity index (χ0) is 13.1. The maximum atomic E-state index is 5.72. The van der Waals surface area contributed by atoms with Crippen LogP contribution in [0.3, 0.4) is 0 Å². The molecule has 0 aliphatic heterocycles. The molecule has 102 valence electrons. The minimum atomic E-state index is 0.322. The van der Waals surface area contributed by atoms with Crippen LogP contribution in [0.4, 0.5) is 0 Å². The van der Waals surface area contributed by atoms with E-state index in [1.54, 1.807) is 0 Å². The molecule has 0 radical (unpaired) electrons. The van der Waals surface area contributed by atoms with E-state index < -0.39 is 0 Å². The Morgan fingerprint density at radius 3 is 2.50 bits per heavy atom. The second-order valence-corrected chi connectivity index (χ2v) is 6.14. The van der Waals surface area contributed by atoms with Gasteiger partial charge < -0.3 is 9.73 Å². The molecule has 1 aromatic rings. The average molecular weight is 249 g/mol. The van der Waals surface area contributed by atoms with Gasteiger partial charge in [-0.05, 0) is 50.7 Å². The van der Waals surface area contributed by atoms with Crippen LogP contribution >= 0.6 is 0 Å². The highest BCUT2D eigenvalue weighted by atomic mass is 16.3. The van der Waals surface area contributed by atoms with Gasteiger partial charge in [0.15, 0.2) is 0 Å². The third-order valence-electron chi connectivity index (χ3n) is 4.33. The molecule has 0 amide bonds. The Bertz CT molecular complexity index is 369. The molecule has 1 fully saturated rings. The first kappa shape index (κ1) is 13.7. The summed E-state index contributed by atoms with van der Waals surface area (Å²) in [5.74, 6) is 3.66. The van der Waals surface area contributed by atoms with E-state index in [1.807, 2.05) is 13.0 Å². The van der Waals surface area contributed by atoms with Crippen LogP contribution in [0.15, 0.2) is 16.5 Å². The van der Waals surface area contributed by atoms with Crippen molar-refractivity contribution in [1.82, 2.24) is 5.32 Å². The van der Waals surface area contributed by atoms with Crippen LogP contribution in [-0.2, 0) is 0 Å². The van der Waals surface area contributed by atoms with Crippen molar-refractivity contribution in [3.63, 3.8) is 0 Å². The summed E-state index contributed by atoms with van der Waals surface area (Å²) in [6.45, 7) is 8.93. The van der Waals surface area contributed by atoms with E-state index in [1.165, 1.54) is 25.7 Å². The molecule has 0 aromatic carbocycles. The molecule has 18 heavy (non-hydrogen) atoms. The molecular formula is C16H27NO. The highest BCUT2D eigenvalue weighted by Gasteiger charge is 2.28. The maximum Gasteiger partial charge on any atom is 0.120 e. The summed E-state index contributed by atoms with van der Waals surface area (Å²) in [6, 6.07) is 5.12. The first-order valence-corrected chi connectivity index (χ1v) is 7.40. The van der Waals surface area contributed by atoms with Crippen LogP contribution in [0.25, 0.3) is 0 Å². The Morgan fingerprint density at radius 1 is 1.17 bits per heavy atom. The standard InChI is InChI=1S/C16H27NO/c1-11(2)14-7-5-6-8-15(14)17-13(4)16-10-9-12(3)18-16/h9-11,13-15,17H,5-8H2,1-4H3. The van der Waals surface area contributed by atoms with Gasteiger partial charge in [-0.1, -0.05) is 26.7 Å². The summed E-state index contributed by atoms with van der Waals surface area (Å²) in [4.78, 5) is 0. The van der Waals surface area contributed by atoms with Crippen LogP contribution in [0.1, 0.15) is 64.0 Å². The van der Waals surface area contributed by atoms with Crippen molar-refractivity contribution >= 4 is 0 Å². The summed E-state index contributed by atoms with van der Waals surface area (Å²) >= 11 is 0. The molecule has 1 N–H and O–H groups in total. The molecule has 3 atom stereocenters. The Hall–Kier alpha value is -0.760. The van der Waals surface area contributed by atoms with Gasteiger partial charge in [-0.15, -0.1) is 0 Å². The minimum Gasteiger partial charge on any atom is -0.465 e. The van der Waals surface area contributed by atoms with Gasteiger partial charge in [0, 0.05) is 6.04 Å². The topological polar surface area (TPSA) is 25.2 Å². The monoisotopic (exact) mass is 249 g/mol. The van der Waals surface area contributed by atoms with Crippen molar-refractivity contribution in [2.24, 2.45) is 11.8 Å². The second kappa shape index (κ2) is 5.92. The zero-order valence-electron chi connectivity index (χ0n) is 12.2. The summed E-state index contributed by atoms with van der Waals surface area (Å²) in [6.07, 6.45) is 5.45. The largest absolute Gasteiger partial charge is 0.465 e. The average Bonchev–Trinajstić information content (AvgIpc) is 2.76. The molecule has 0 spiro atoms. The Kier molecular flexibility index (Phi) is 4.50. The predicted molar refractivity (Wildman–Crippen MR) is 75.6 cm³/mol. The lowest BCUT2D eigenvalue weighted by molar-refractivity contribution is 0.189. The molecule has 1 saturated carbocycles. The van der Waals surface area contributed by atoms with Gasteiger partial charge in [-0.3, -0.25) is 0 Å². The van der Waals surface area contributed by atoms with Crippen molar-refractivity contribution in [2.45, 2.75) is 65.5 Å². The number of rotatable bonds is 4. The fourth-order valence-corrected chi connectivity index (χ4v) is 3.25. The summed E-state index contributed by atoms with van der Waals surface area (Å²) < 4.78 is 5.72. The molecule has 1 aromatic heterocycles. The Morgan fingerprint density at radius 2 is 1.89 bits per heavy atom. The lowest BCUT2D eigenvalue weighted by atomic mass is 9.77. The van der Waals surface area contributed by atoms with Gasteiger partial charge in [-0.25, -0.2) is 0 Å². The van der Waals surface area contributed by atoms with Crippen molar-refractivity contribution in [2.75, 3.05) is 0 Å². The van der Waals surface area contributed by atoms with Gasteiger partial charge >= 0.3 is 0 Å². The Labute approximate surface area is 111 Å². The first-order chi connectivity index (χ1) is 8.58. The van der Waals surface area contributed by atoms with Crippen LogP contribution in [0.5, 0.6) is 0 Å². The van der Waals surface area contributed by atoms with E-state index >= 15 is 0 Å². The number of aryl methyl sites for hydroxylation is 1. The second-order valence-electron chi connectivity index (χ2n) is 6.14. The van der Waals surface area contributed by atoms with E-state index in [0.29, 0.717) is 12.1 Å². The van der Waals surface area contributed by atoms with Crippen LogP contribution in [-0.4, -0.2) is 6.04 Å². The third-order valence-corrected chi connectivity index (χ3v) is 4.33. The fraction of sp³-hybridized carbons (Fsp3) is 0.750. The number of furan rings is 1. The molecule has 0 saturated heterocycles. The van der Waals surface area contributed by atoms with Crippen LogP contribution in [0, 0.1) is 18.8 Å². The normalized spacial score (nSPS) is 26.5. The predicted octanol–water partition coefficient (Wildman–Crippen LogP) is 4.45. The van der Waals surface area contributed by atoms with E-state index in [4.69, 9.17) is 4.42 Å². The molecular weight excluding hydrogens is 222 g/mol. The smallest absolute Gasteiger partial charge is 0.120 e. The van der Waals surface area contributed by atoms with Crippen LogP contribution in [0.2, 0.25) is 0 Å². The molecule has 1 aliphatic carbocycles. The lowest BCUT2D eigenvalue weighted by Gasteiger charge is -2.36. The maximum absolute atomic E-state index is 5.72. The molecule has 2 nitrogen and oxygen atoms in total. The highest BCUT2D eigenvalue weighted by molar-refractivity contribution is 5.09. The third kappa shape index (κ3) is 3.17. The zero-order valence-corrected chi connectivity index (χ0v) is 12.2. The number of hydrogen-bond acceptors (Lipinski definition) is 2. The summed E-state index contributed by atoms with van der Waals surface area (Å²) in [5.41, 5.74) is 0. The molecule has 1 aliphatic rings. The highest BCUT2D eigenvalue weighted by Crippen LogP contribution is 2.31. The van der Waals surface area contributed by atoms with Gasteiger partial charge in [0.05, 0.1) is 6.04 Å². The van der Waals surface area contributed by atoms with E-state index in [0.717, 1.165) is 23.4 Å². The van der Waals surface area contributed by atoms with Gasteiger partial charge in [0.1, 0.15) is 11.5 Å². The van der Waals surface area contributed by atoms with E-state index in [-0.39, 0.29) is 0 Å². The molecule has 1 heterocycles. The molecule has 3 unspecified atom stereocenters. The molecule has 0 bridgehead atoms. The van der Waals surface area contributed by atoms with Gasteiger partial charge in [0.2, 0.25) is 0 Å². The number of nitrogens with one attached hydrogen (secondary N) is 1. The summed E-state index contributed by atoms with van der Waals surface area (Å²) in [7, 11) is 0. The van der Waals surface area contributed by atoms with Gasteiger partial charge in [0.25, 0.3) is 0 Å². The van der Waals surface area contributed by atoms with Crippen molar-refractivity contribution in [3.05, 3.63) is 23.7 Å². The fourth-order valence-electron chi connectivity index (χ4n) is 3.25. The SMILES string of the molecule is Cc1ccc(C(C)NC2CCCCC2C(C)C)o1. The quantitative estimate of drug-likeness (QED) is 0.852. The van der Waals surface area contributed by atoms with Crippen LogP contribution < -0.4 is 5.32 Å². The van der Waals surface area contributed by atoms with Gasteiger partial charge in [-0.2, -0.15) is 0 Å². The van der Waals surface area contributed by atoms with E-state index in [9.17, 15) is 0 Å². The summed E-state index contributed by atoms with van der Waals surface area (Å²) in [5, 5.41) is 3.79. The van der Waals surface area contributed by atoms with Crippen molar-refractivity contribution < 1.29 is 4.42 Å². The first-order valence-electron chi connectivity index (χ1n) is 7.40. The Balaban J connectivity index is 1.98. The lowest BCUT2D eigenvalue weighted by Crippen LogP contribution is -2.41. The van der Waals surface area contributed by atoms with E-state index in [2.05, 4.69) is 32.2 Å². The molecule has 2 rings (SSSR count). The minimum absolute atomic E-state index is 0.322. The molecule has 2 heteroatoms. The van der Waals surface area contributed by atoms with Crippen molar-refractivity contribution in [3.8, 4) is 0 Å². The number of hydrogen-bond donors (Lipinski definition) is 1. The van der Waals surface area contributed by atoms with Crippen molar-refractivity contribution in [1.29, 1.82) is 0 Å².